The van der Waals surface area contributed by atoms with Gasteiger partial charge in [0.05, 0.1) is 19.4 Å². The smallest absolute Gasteiger partial charge is 0.309 e. The van der Waals surface area contributed by atoms with Crippen molar-refractivity contribution in [1.82, 2.24) is 4.90 Å². The van der Waals surface area contributed by atoms with Gasteiger partial charge in [0.15, 0.2) is 0 Å². The Hall–Kier alpha value is -2.37. The van der Waals surface area contributed by atoms with Gasteiger partial charge in [0, 0.05) is 25.2 Å². The molecule has 0 bridgehead atoms. The van der Waals surface area contributed by atoms with Gasteiger partial charge in [-0.1, -0.05) is 26.0 Å². The molecule has 1 aliphatic rings. The summed E-state index contributed by atoms with van der Waals surface area (Å²) in [4.78, 5) is 37.3. The summed E-state index contributed by atoms with van der Waals surface area (Å²) in [6.07, 6.45) is 0.463. The minimum absolute atomic E-state index is 0.0391. The Morgan fingerprint density at radius 3 is 2.54 bits per heavy atom. The van der Waals surface area contributed by atoms with Crippen LogP contribution in [0.25, 0.3) is 0 Å². The molecule has 6 nitrogen and oxygen atoms in total. The third-order valence-electron chi connectivity index (χ3n) is 3.97. The lowest BCUT2D eigenvalue weighted by molar-refractivity contribution is -0.139. The first-order valence-corrected chi connectivity index (χ1v) is 8.13. The predicted octanol–water partition coefficient (Wildman–Crippen LogP) is 1.85. The molecule has 130 valence electrons. The lowest BCUT2D eigenvalue weighted by Crippen LogP contribution is -2.31. The first-order chi connectivity index (χ1) is 11.4. The fourth-order valence-electron chi connectivity index (χ4n) is 2.75. The average Bonchev–Trinajstić information content (AvgIpc) is 2.89. The van der Waals surface area contributed by atoms with Crippen LogP contribution in [0.3, 0.4) is 0 Å². The highest BCUT2D eigenvalue weighted by Crippen LogP contribution is 2.21. The van der Waals surface area contributed by atoms with Gasteiger partial charge >= 0.3 is 5.97 Å². The number of benzene rings is 1. The number of nitrogens with one attached hydrogen (secondary N) is 1. The minimum Gasteiger partial charge on any atom is -0.469 e. The minimum atomic E-state index is -0.314. The van der Waals surface area contributed by atoms with Crippen LogP contribution in [0.5, 0.6) is 0 Å². The molecule has 2 amide bonds. The van der Waals surface area contributed by atoms with Crippen molar-refractivity contribution in [2.75, 3.05) is 25.5 Å². The number of hydrogen-bond acceptors (Lipinski definition) is 4. The molecular formula is C18H24N2O4. The molecule has 1 aromatic carbocycles. The van der Waals surface area contributed by atoms with E-state index in [-0.39, 0.29) is 36.5 Å². The molecule has 0 radical (unpaired) electrons. The molecule has 6 heteroatoms. The monoisotopic (exact) mass is 332 g/mol. The number of carbonyl (C=O) groups excluding carboxylic acids is 3. The molecule has 0 unspecified atom stereocenters. The van der Waals surface area contributed by atoms with Crippen molar-refractivity contribution in [2.24, 2.45) is 11.8 Å². The van der Waals surface area contributed by atoms with E-state index in [1.165, 1.54) is 7.11 Å². The van der Waals surface area contributed by atoms with Crippen molar-refractivity contribution in [1.29, 1.82) is 0 Å². The lowest BCUT2D eigenvalue weighted by atomic mass is 10.1. The van der Waals surface area contributed by atoms with Gasteiger partial charge in [0.2, 0.25) is 11.8 Å². The first kappa shape index (κ1) is 18.0. The summed E-state index contributed by atoms with van der Waals surface area (Å²) in [7, 11) is 1.35. The molecule has 24 heavy (non-hydrogen) atoms. The van der Waals surface area contributed by atoms with E-state index in [4.69, 9.17) is 0 Å². The highest BCUT2D eigenvalue weighted by molar-refractivity contribution is 5.97. The van der Waals surface area contributed by atoms with Crippen LogP contribution in [0.2, 0.25) is 0 Å². The van der Waals surface area contributed by atoms with Crippen molar-refractivity contribution < 1.29 is 19.1 Å². The van der Waals surface area contributed by atoms with E-state index in [9.17, 15) is 14.4 Å². The Kier molecular flexibility index (Phi) is 5.95. The number of rotatable bonds is 6. The molecule has 1 aromatic rings. The predicted molar refractivity (Wildman–Crippen MR) is 90.3 cm³/mol. The largest absolute Gasteiger partial charge is 0.469 e. The molecule has 2 rings (SSSR count). The number of anilines is 1. The van der Waals surface area contributed by atoms with Crippen molar-refractivity contribution >= 4 is 23.5 Å². The number of carbonyl (C=O) groups is 3. The van der Waals surface area contributed by atoms with Crippen molar-refractivity contribution in [3.63, 3.8) is 0 Å². The van der Waals surface area contributed by atoms with E-state index in [0.29, 0.717) is 24.7 Å². The second-order valence-electron chi connectivity index (χ2n) is 6.53. The Balaban J connectivity index is 1.90. The van der Waals surface area contributed by atoms with E-state index in [2.05, 4.69) is 23.9 Å². The molecule has 1 atom stereocenters. The normalized spacial score (nSPS) is 17.2. The summed E-state index contributed by atoms with van der Waals surface area (Å²) in [6, 6.07) is 7.05. The SMILES string of the molecule is COC(=O)Cc1ccc(NC(=O)[C@@H]2CC(=O)N(CC(C)C)C2)cc1. The highest BCUT2D eigenvalue weighted by atomic mass is 16.5. The standard InChI is InChI=1S/C18H24N2O4/c1-12(2)10-20-11-14(9-16(20)21)18(23)19-15-6-4-13(5-7-15)8-17(22)24-3/h4-7,12,14H,8-11H2,1-3H3,(H,19,23)/t14-/m1/s1. The van der Waals surface area contributed by atoms with Gasteiger partial charge in [-0.3, -0.25) is 14.4 Å². The van der Waals surface area contributed by atoms with Crippen molar-refractivity contribution in [3.8, 4) is 0 Å². The van der Waals surface area contributed by atoms with Gasteiger partial charge in [-0.05, 0) is 23.6 Å². The molecule has 0 aliphatic carbocycles. The van der Waals surface area contributed by atoms with Crippen LogP contribution in [0.4, 0.5) is 5.69 Å². The Morgan fingerprint density at radius 1 is 1.29 bits per heavy atom. The molecule has 0 spiro atoms. The molecule has 1 fully saturated rings. The van der Waals surface area contributed by atoms with Crippen LogP contribution in [0, 0.1) is 11.8 Å². The number of nitrogens with zero attached hydrogens (tertiary/aromatic N) is 1. The lowest BCUT2D eigenvalue weighted by Gasteiger charge is -2.18. The van der Waals surface area contributed by atoms with Gasteiger partial charge in [-0.25, -0.2) is 0 Å². The Bertz CT molecular complexity index is 610. The van der Waals surface area contributed by atoms with Crippen LogP contribution >= 0.6 is 0 Å². The Labute approximate surface area is 142 Å². The second-order valence-corrected chi connectivity index (χ2v) is 6.53. The maximum absolute atomic E-state index is 12.3. The summed E-state index contributed by atoms with van der Waals surface area (Å²) in [6.45, 7) is 5.27. The van der Waals surface area contributed by atoms with Gasteiger partial charge < -0.3 is 15.0 Å². The van der Waals surface area contributed by atoms with Crippen LogP contribution in [0.1, 0.15) is 25.8 Å². The fourth-order valence-corrected chi connectivity index (χ4v) is 2.75. The molecule has 1 heterocycles. The van der Waals surface area contributed by atoms with E-state index in [1.807, 2.05) is 0 Å². The van der Waals surface area contributed by atoms with Crippen LogP contribution in [0.15, 0.2) is 24.3 Å². The van der Waals surface area contributed by atoms with Gasteiger partial charge in [-0.2, -0.15) is 0 Å². The Morgan fingerprint density at radius 2 is 1.96 bits per heavy atom. The van der Waals surface area contributed by atoms with Crippen molar-refractivity contribution in [2.45, 2.75) is 26.7 Å². The maximum Gasteiger partial charge on any atom is 0.309 e. The quantitative estimate of drug-likeness (QED) is 0.807. The summed E-state index contributed by atoms with van der Waals surface area (Å²) in [5.74, 6) is -0.335. The second kappa shape index (κ2) is 7.95. The number of likely N-dealkylation sites (tertiary alicyclic amines) is 1. The molecule has 1 saturated heterocycles. The first-order valence-electron chi connectivity index (χ1n) is 8.13. The van der Waals surface area contributed by atoms with Crippen LogP contribution < -0.4 is 5.32 Å². The van der Waals surface area contributed by atoms with E-state index < -0.39 is 0 Å². The fraction of sp³-hybridized carbons (Fsp3) is 0.500. The van der Waals surface area contributed by atoms with E-state index in [1.54, 1.807) is 29.2 Å². The molecule has 1 aliphatic heterocycles. The topological polar surface area (TPSA) is 75.7 Å². The number of amides is 2. The number of methoxy groups -OCH3 is 1. The summed E-state index contributed by atoms with van der Waals surface area (Å²) in [5.41, 5.74) is 1.47. The van der Waals surface area contributed by atoms with Crippen LogP contribution in [-0.4, -0.2) is 42.9 Å². The molecule has 1 N–H and O–H groups in total. The molecule has 0 aromatic heterocycles. The van der Waals surface area contributed by atoms with Gasteiger partial charge in [0.25, 0.3) is 0 Å². The number of ether oxygens (including phenoxy) is 1. The van der Waals surface area contributed by atoms with Crippen LogP contribution in [-0.2, 0) is 25.5 Å². The summed E-state index contributed by atoms with van der Waals surface area (Å²) < 4.78 is 4.62. The molecule has 0 saturated carbocycles. The number of esters is 1. The average molecular weight is 332 g/mol. The van der Waals surface area contributed by atoms with Gasteiger partial charge in [-0.15, -0.1) is 0 Å². The highest BCUT2D eigenvalue weighted by Gasteiger charge is 2.34. The zero-order valence-corrected chi connectivity index (χ0v) is 14.4. The van der Waals surface area contributed by atoms with Gasteiger partial charge in [0.1, 0.15) is 0 Å². The summed E-state index contributed by atoms with van der Waals surface area (Å²) >= 11 is 0. The number of hydrogen-bond donors (Lipinski definition) is 1. The van der Waals surface area contributed by atoms with E-state index >= 15 is 0 Å². The van der Waals surface area contributed by atoms with Crippen molar-refractivity contribution in [3.05, 3.63) is 29.8 Å². The third-order valence-corrected chi connectivity index (χ3v) is 3.97. The zero-order chi connectivity index (χ0) is 17.7. The van der Waals surface area contributed by atoms with E-state index in [0.717, 1.165) is 5.56 Å². The summed E-state index contributed by atoms with van der Waals surface area (Å²) in [5, 5.41) is 2.84. The zero-order valence-electron chi connectivity index (χ0n) is 14.4. The third kappa shape index (κ3) is 4.81. The maximum atomic E-state index is 12.3. The molecular weight excluding hydrogens is 308 g/mol.